The number of rotatable bonds is 5. The Hall–Kier alpha value is -3.88. The Kier molecular flexibility index (Phi) is 6.15. The van der Waals surface area contributed by atoms with Crippen molar-refractivity contribution in [2.45, 2.75) is 32.7 Å². The van der Waals surface area contributed by atoms with Gasteiger partial charge in [0, 0.05) is 6.54 Å². The summed E-state index contributed by atoms with van der Waals surface area (Å²) >= 11 is 0. The highest BCUT2D eigenvalue weighted by Gasteiger charge is 2.32. The lowest BCUT2D eigenvalue weighted by Gasteiger charge is -2.26. The maximum atomic E-state index is 13.3. The lowest BCUT2D eigenvalue weighted by atomic mass is 10.0. The minimum absolute atomic E-state index is 0.110. The molecule has 0 saturated carbocycles. The zero-order valence-electron chi connectivity index (χ0n) is 19.6. The van der Waals surface area contributed by atoms with Gasteiger partial charge in [-0.15, -0.1) is 0 Å². The van der Waals surface area contributed by atoms with E-state index in [1.54, 1.807) is 35.6 Å². The predicted molar refractivity (Wildman–Crippen MR) is 124 cm³/mol. The number of aryl methyl sites for hydroxylation is 1. The van der Waals surface area contributed by atoms with Crippen LogP contribution in [0.25, 0.3) is 5.69 Å². The van der Waals surface area contributed by atoms with Crippen molar-refractivity contribution in [3.8, 4) is 17.2 Å². The molecule has 8 nitrogen and oxygen atoms in total. The van der Waals surface area contributed by atoms with Crippen LogP contribution < -0.4 is 9.47 Å². The van der Waals surface area contributed by atoms with E-state index < -0.39 is 5.97 Å². The van der Waals surface area contributed by atoms with E-state index in [1.165, 1.54) is 12.1 Å². The molecule has 0 aliphatic carbocycles. The summed E-state index contributed by atoms with van der Waals surface area (Å²) in [5.41, 5.74) is 2.92. The maximum Gasteiger partial charge on any atom is 0.342 e. The third kappa shape index (κ3) is 4.45. The van der Waals surface area contributed by atoms with Crippen molar-refractivity contribution in [1.82, 2.24) is 14.7 Å². The summed E-state index contributed by atoms with van der Waals surface area (Å²) in [7, 11) is 0. The minimum Gasteiger partial charge on any atom is -0.486 e. The number of fused-ring (bicyclic) bond motifs is 1. The van der Waals surface area contributed by atoms with Crippen LogP contribution in [-0.4, -0.2) is 52.9 Å². The fraction of sp³-hybridized carbons (Fsp3) is 0.346. The molecule has 5 rings (SSSR count). The van der Waals surface area contributed by atoms with E-state index >= 15 is 0 Å². The molecule has 0 N–H and O–H groups in total. The van der Waals surface area contributed by atoms with Gasteiger partial charge in [0.25, 0.3) is 5.91 Å². The molecule has 0 bridgehead atoms. The van der Waals surface area contributed by atoms with Crippen LogP contribution in [0.3, 0.4) is 0 Å². The van der Waals surface area contributed by atoms with Gasteiger partial charge in [0.05, 0.1) is 23.1 Å². The van der Waals surface area contributed by atoms with Gasteiger partial charge in [0.1, 0.15) is 24.6 Å². The van der Waals surface area contributed by atoms with Crippen molar-refractivity contribution in [3.05, 3.63) is 70.8 Å². The Morgan fingerprint density at radius 1 is 1.09 bits per heavy atom. The minimum atomic E-state index is -0.614. The second-order valence-electron chi connectivity index (χ2n) is 8.66. The number of esters is 1. The topological polar surface area (TPSA) is 82.9 Å². The van der Waals surface area contributed by atoms with Gasteiger partial charge in [0.2, 0.25) is 0 Å². The molecule has 2 aliphatic rings. The van der Waals surface area contributed by atoms with Crippen LogP contribution in [0.15, 0.2) is 42.5 Å². The van der Waals surface area contributed by atoms with Crippen molar-refractivity contribution in [3.63, 3.8) is 0 Å². The van der Waals surface area contributed by atoms with E-state index in [1.807, 2.05) is 18.2 Å². The van der Waals surface area contributed by atoms with E-state index in [-0.39, 0.29) is 24.4 Å². The standard InChI is InChI=1S/C26H26FN3O5/c1-16-25(17(2)30(28-16)20-8-6-19(27)7-9-20)26(32)35-15-24(31)29-11-3-4-21(29)18-5-10-22-23(14-18)34-13-12-33-22/h5-10,14,21H,3-4,11-13,15H2,1-2H3. The molecule has 1 fully saturated rings. The van der Waals surface area contributed by atoms with Crippen LogP contribution in [0.4, 0.5) is 4.39 Å². The normalized spacial score (nSPS) is 16.9. The van der Waals surface area contributed by atoms with Gasteiger partial charge < -0.3 is 19.1 Å². The molecule has 182 valence electrons. The largest absolute Gasteiger partial charge is 0.486 e. The number of hydrogen-bond acceptors (Lipinski definition) is 6. The summed E-state index contributed by atoms with van der Waals surface area (Å²) in [5.74, 6) is 0.166. The summed E-state index contributed by atoms with van der Waals surface area (Å²) in [4.78, 5) is 27.6. The van der Waals surface area contributed by atoms with Crippen molar-refractivity contribution in [2.24, 2.45) is 0 Å². The molecule has 3 aromatic rings. The summed E-state index contributed by atoms with van der Waals surface area (Å²) in [6.07, 6.45) is 1.68. The molecule has 3 heterocycles. The Balaban J connectivity index is 1.27. The number of likely N-dealkylation sites (tertiary alicyclic amines) is 1. The number of aromatic nitrogens is 2. The molecular formula is C26H26FN3O5. The highest BCUT2D eigenvalue weighted by molar-refractivity contribution is 5.93. The van der Waals surface area contributed by atoms with Crippen LogP contribution in [-0.2, 0) is 9.53 Å². The smallest absolute Gasteiger partial charge is 0.342 e. The third-order valence-electron chi connectivity index (χ3n) is 6.42. The molecule has 1 unspecified atom stereocenters. The number of amides is 1. The quantitative estimate of drug-likeness (QED) is 0.516. The summed E-state index contributed by atoms with van der Waals surface area (Å²) < 4.78 is 31.5. The van der Waals surface area contributed by atoms with Gasteiger partial charge in [-0.3, -0.25) is 4.79 Å². The van der Waals surface area contributed by atoms with Crippen molar-refractivity contribution in [1.29, 1.82) is 0 Å². The predicted octanol–water partition coefficient (Wildman–Crippen LogP) is 3.92. The monoisotopic (exact) mass is 479 g/mol. The zero-order chi connectivity index (χ0) is 24.5. The molecule has 2 aromatic carbocycles. The molecule has 35 heavy (non-hydrogen) atoms. The summed E-state index contributed by atoms with van der Waals surface area (Å²) in [5, 5.41) is 4.40. The highest BCUT2D eigenvalue weighted by Crippen LogP contribution is 2.38. The molecule has 1 aromatic heterocycles. The molecule has 1 atom stereocenters. The Morgan fingerprint density at radius 2 is 1.83 bits per heavy atom. The molecule has 1 amide bonds. The number of nitrogens with zero attached hydrogens (tertiary/aromatic N) is 3. The Morgan fingerprint density at radius 3 is 2.60 bits per heavy atom. The molecule has 1 saturated heterocycles. The second-order valence-corrected chi connectivity index (χ2v) is 8.66. The highest BCUT2D eigenvalue weighted by atomic mass is 19.1. The third-order valence-corrected chi connectivity index (χ3v) is 6.42. The van der Waals surface area contributed by atoms with E-state index in [2.05, 4.69) is 5.10 Å². The number of hydrogen-bond donors (Lipinski definition) is 0. The van der Waals surface area contributed by atoms with E-state index in [9.17, 15) is 14.0 Å². The van der Waals surface area contributed by atoms with Gasteiger partial charge in [-0.2, -0.15) is 5.10 Å². The lowest BCUT2D eigenvalue weighted by Crippen LogP contribution is -2.34. The average molecular weight is 480 g/mol. The van der Waals surface area contributed by atoms with Crippen molar-refractivity contribution < 1.29 is 28.2 Å². The van der Waals surface area contributed by atoms with Gasteiger partial charge in [-0.25, -0.2) is 13.9 Å². The van der Waals surface area contributed by atoms with E-state index in [0.717, 1.165) is 18.4 Å². The molecule has 0 radical (unpaired) electrons. The number of carbonyl (C=O) groups is 2. The van der Waals surface area contributed by atoms with Crippen molar-refractivity contribution in [2.75, 3.05) is 26.4 Å². The number of carbonyl (C=O) groups excluding carboxylic acids is 2. The lowest BCUT2D eigenvalue weighted by molar-refractivity contribution is -0.135. The second kappa shape index (κ2) is 9.40. The Bertz CT molecular complexity index is 1270. The maximum absolute atomic E-state index is 13.3. The van der Waals surface area contributed by atoms with E-state index in [4.69, 9.17) is 14.2 Å². The first-order valence-electron chi connectivity index (χ1n) is 11.6. The van der Waals surface area contributed by atoms with Gasteiger partial charge in [0.15, 0.2) is 18.1 Å². The first-order valence-corrected chi connectivity index (χ1v) is 11.6. The number of halogens is 1. The first kappa shape index (κ1) is 22.9. The summed E-state index contributed by atoms with van der Waals surface area (Å²) in [6, 6.07) is 11.5. The summed E-state index contributed by atoms with van der Waals surface area (Å²) in [6.45, 7) is 4.68. The van der Waals surface area contributed by atoms with Gasteiger partial charge in [-0.1, -0.05) is 6.07 Å². The fourth-order valence-corrected chi connectivity index (χ4v) is 4.73. The molecular weight excluding hydrogens is 453 g/mol. The number of benzene rings is 2. The van der Waals surface area contributed by atoms with Gasteiger partial charge >= 0.3 is 5.97 Å². The zero-order valence-corrected chi connectivity index (χ0v) is 19.6. The first-order chi connectivity index (χ1) is 16.9. The van der Waals surface area contributed by atoms with Gasteiger partial charge in [-0.05, 0) is 68.7 Å². The molecule has 9 heteroatoms. The Labute approximate surface area is 202 Å². The fourth-order valence-electron chi connectivity index (χ4n) is 4.73. The molecule has 2 aliphatic heterocycles. The molecule has 0 spiro atoms. The SMILES string of the molecule is Cc1nn(-c2ccc(F)cc2)c(C)c1C(=O)OCC(=O)N1CCCC1c1ccc2c(c1)OCCO2. The van der Waals surface area contributed by atoms with Crippen LogP contribution in [0.5, 0.6) is 11.5 Å². The van der Waals surface area contributed by atoms with E-state index in [0.29, 0.717) is 53.9 Å². The van der Waals surface area contributed by atoms with Crippen LogP contribution in [0, 0.1) is 19.7 Å². The van der Waals surface area contributed by atoms with Crippen LogP contribution in [0.1, 0.15) is 46.2 Å². The van der Waals surface area contributed by atoms with Crippen LogP contribution in [0.2, 0.25) is 0 Å². The average Bonchev–Trinajstić information content (AvgIpc) is 3.47. The van der Waals surface area contributed by atoms with Crippen LogP contribution >= 0.6 is 0 Å². The number of ether oxygens (including phenoxy) is 3. The van der Waals surface area contributed by atoms with Crippen molar-refractivity contribution >= 4 is 11.9 Å².